The van der Waals surface area contributed by atoms with Gasteiger partial charge < -0.3 is 4.90 Å². The number of nitrogens with zero attached hydrogens (tertiary/aromatic N) is 3. The third-order valence-electron chi connectivity index (χ3n) is 3.18. The van der Waals surface area contributed by atoms with Crippen LogP contribution in [0.5, 0.6) is 0 Å². The highest BCUT2D eigenvalue weighted by molar-refractivity contribution is 5.91. The third kappa shape index (κ3) is 2.42. The Morgan fingerprint density at radius 2 is 1.71 bits per heavy atom. The molecule has 1 heterocycles. The molecule has 21 heavy (non-hydrogen) atoms. The largest absolute Gasteiger partial charge is 0.362 e. The number of rotatable bonds is 2. The summed E-state index contributed by atoms with van der Waals surface area (Å²) in [7, 11) is 3.61. The maximum absolute atomic E-state index is 13.9. The molecule has 2 aromatic carbocycles. The zero-order chi connectivity index (χ0) is 15.0. The number of anilines is 1. The van der Waals surface area contributed by atoms with Crippen LogP contribution in [0.4, 0.5) is 14.6 Å². The Labute approximate surface area is 120 Å². The van der Waals surface area contributed by atoms with Crippen LogP contribution in [0.25, 0.3) is 22.3 Å². The van der Waals surface area contributed by atoms with Crippen molar-refractivity contribution in [1.29, 1.82) is 0 Å². The molecule has 3 aromatic rings. The lowest BCUT2D eigenvalue weighted by molar-refractivity contribution is 0.628. The summed E-state index contributed by atoms with van der Waals surface area (Å²) in [5.41, 5.74) is 0.903. The van der Waals surface area contributed by atoms with Crippen LogP contribution < -0.4 is 4.90 Å². The monoisotopic (exact) mass is 285 g/mol. The second-order valence-electron chi connectivity index (χ2n) is 4.91. The summed E-state index contributed by atoms with van der Waals surface area (Å²) in [5, 5.41) is 0.597. The Morgan fingerprint density at radius 1 is 0.952 bits per heavy atom. The predicted molar refractivity (Wildman–Crippen MR) is 79.2 cm³/mol. The number of aromatic nitrogens is 2. The lowest BCUT2D eigenvalue weighted by Gasteiger charge is -2.15. The highest BCUT2D eigenvalue weighted by Gasteiger charge is 2.14. The van der Waals surface area contributed by atoms with Crippen LogP contribution >= 0.6 is 0 Å². The van der Waals surface area contributed by atoms with E-state index in [1.807, 2.05) is 0 Å². The Balaban J connectivity index is 2.31. The van der Waals surface area contributed by atoms with E-state index in [1.54, 1.807) is 43.3 Å². The van der Waals surface area contributed by atoms with E-state index in [2.05, 4.69) is 9.97 Å². The Kier molecular flexibility index (Phi) is 3.25. The molecule has 0 bridgehead atoms. The normalized spacial score (nSPS) is 10.9. The summed E-state index contributed by atoms with van der Waals surface area (Å²) in [6, 6.07) is 10.6. The van der Waals surface area contributed by atoms with E-state index >= 15 is 0 Å². The lowest BCUT2D eigenvalue weighted by Crippen LogP contribution is -2.12. The van der Waals surface area contributed by atoms with Gasteiger partial charge in [0, 0.05) is 19.5 Å². The molecule has 0 aliphatic rings. The molecule has 5 heteroatoms. The van der Waals surface area contributed by atoms with Gasteiger partial charge in [0.2, 0.25) is 0 Å². The van der Waals surface area contributed by atoms with Crippen LogP contribution in [0.15, 0.2) is 42.5 Å². The molecule has 0 fully saturated rings. The Hall–Kier alpha value is -2.56. The minimum atomic E-state index is -0.385. The Bertz CT molecular complexity index is 816. The van der Waals surface area contributed by atoms with Gasteiger partial charge in [-0.2, -0.15) is 0 Å². The molecule has 1 aromatic heterocycles. The van der Waals surface area contributed by atoms with Crippen molar-refractivity contribution in [3.63, 3.8) is 0 Å². The van der Waals surface area contributed by atoms with Gasteiger partial charge in [0.25, 0.3) is 0 Å². The summed E-state index contributed by atoms with van der Waals surface area (Å²) in [5.74, 6) is 0.102. The molecule has 0 radical (unpaired) electrons. The van der Waals surface area contributed by atoms with Crippen molar-refractivity contribution in [1.82, 2.24) is 9.97 Å². The van der Waals surface area contributed by atoms with Gasteiger partial charge in [-0.25, -0.2) is 18.7 Å². The van der Waals surface area contributed by atoms with E-state index in [9.17, 15) is 8.78 Å². The summed E-state index contributed by atoms with van der Waals surface area (Å²) < 4.78 is 27.4. The van der Waals surface area contributed by atoms with Gasteiger partial charge in [-0.15, -0.1) is 0 Å². The molecule has 0 spiro atoms. The molecule has 0 saturated carbocycles. The Morgan fingerprint density at radius 3 is 2.43 bits per heavy atom. The second kappa shape index (κ2) is 5.09. The second-order valence-corrected chi connectivity index (χ2v) is 4.91. The van der Waals surface area contributed by atoms with Gasteiger partial charge in [-0.1, -0.05) is 12.1 Å². The lowest BCUT2D eigenvalue weighted by atomic mass is 10.1. The van der Waals surface area contributed by atoms with Crippen molar-refractivity contribution < 1.29 is 8.78 Å². The molecular formula is C16H13F2N3. The standard InChI is InChI=1S/C16H13F2N3/c1-21(2)16-12-9-10(17)7-8-14(12)19-15(20-16)11-5-3-4-6-13(11)18/h3-9H,1-2H3. The van der Waals surface area contributed by atoms with Crippen molar-refractivity contribution in [2.24, 2.45) is 0 Å². The zero-order valence-corrected chi connectivity index (χ0v) is 11.6. The smallest absolute Gasteiger partial charge is 0.165 e. The van der Waals surface area contributed by atoms with Crippen LogP contribution in [0, 0.1) is 11.6 Å². The zero-order valence-electron chi connectivity index (χ0n) is 11.6. The van der Waals surface area contributed by atoms with Crippen molar-refractivity contribution >= 4 is 16.7 Å². The fraction of sp³-hybridized carbons (Fsp3) is 0.125. The first-order chi connectivity index (χ1) is 10.1. The minimum Gasteiger partial charge on any atom is -0.362 e. The summed E-state index contributed by atoms with van der Waals surface area (Å²) in [6.45, 7) is 0. The molecule has 0 atom stereocenters. The number of halogens is 2. The topological polar surface area (TPSA) is 29.0 Å². The van der Waals surface area contributed by atoms with E-state index in [4.69, 9.17) is 0 Å². The van der Waals surface area contributed by atoms with Crippen LogP contribution in [-0.4, -0.2) is 24.1 Å². The summed E-state index contributed by atoms with van der Waals surface area (Å²) in [4.78, 5) is 10.5. The maximum Gasteiger partial charge on any atom is 0.165 e. The fourth-order valence-corrected chi connectivity index (χ4v) is 2.19. The number of fused-ring (bicyclic) bond motifs is 1. The van der Waals surface area contributed by atoms with Gasteiger partial charge >= 0.3 is 0 Å². The summed E-state index contributed by atoms with van der Waals surface area (Å²) >= 11 is 0. The highest BCUT2D eigenvalue weighted by atomic mass is 19.1. The molecule has 3 rings (SSSR count). The van der Waals surface area contributed by atoms with Crippen LogP contribution in [-0.2, 0) is 0 Å². The van der Waals surface area contributed by atoms with Gasteiger partial charge in [0.15, 0.2) is 5.82 Å². The fourth-order valence-electron chi connectivity index (χ4n) is 2.19. The van der Waals surface area contributed by atoms with E-state index < -0.39 is 0 Å². The number of hydrogen-bond acceptors (Lipinski definition) is 3. The average Bonchev–Trinajstić information content (AvgIpc) is 2.46. The first-order valence-electron chi connectivity index (χ1n) is 6.46. The SMILES string of the molecule is CN(C)c1nc(-c2ccccc2F)nc2ccc(F)cc12. The van der Waals surface area contributed by atoms with Gasteiger partial charge in [0.1, 0.15) is 17.5 Å². The van der Waals surface area contributed by atoms with E-state index in [0.717, 1.165) is 0 Å². The molecule has 0 amide bonds. The van der Waals surface area contributed by atoms with Gasteiger partial charge in [-0.05, 0) is 30.3 Å². The first kappa shape index (κ1) is 13.4. The van der Waals surface area contributed by atoms with Gasteiger partial charge in [0.05, 0.1) is 11.1 Å². The van der Waals surface area contributed by atoms with Crippen molar-refractivity contribution in [2.45, 2.75) is 0 Å². The average molecular weight is 285 g/mol. The molecule has 0 aliphatic heterocycles. The van der Waals surface area contributed by atoms with E-state index in [1.165, 1.54) is 18.2 Å². The number of hydrogen-bond donors (Lipinski definition) is 0. The maximum atomic E-state index is 13.9. The van der Waals surface area contributed by atoms with Crippen molar-refractivity contribution in [3.05, 3.63) is 54.1 Å². The van der Waals surface area contributed by atoms with E-state index in [-0.39, 0.29) is 17.5 Å². The molecule has 0 unspecified atom stereocenters. The van der Waals surface area contributed by atoms with Crippen LogP contribution in [0.2, 0.25) is 0 Å². The van der Waals surface area contributed by atoms with E-state index in [0.29, 0.717) is 22.3 Å². The molecule has 0 saturated heterocycles. The molecule has 106 valence electrons. The van der Waals surface area contributed by atoms with Crippen molar-refractivity contribution in [2.75, 3.05) is 19.0 Å². The predicted octanol–water partition coefficient (Wildman–Crippen LogP) is 3.64. The molecule has 0 N–H and O–H groups in total. The summed E-state index contributed by atoms with van der Waals surface area (Å²) in [6.07, 6.45) is 0. The van der Waals surface area contributed by atoms with Crippen LogP contribution in [0.3, 0.4) is 0 Å². The number of benzene rings is 2. The quantitative estimate of drug-likeness (QED) is 0.720. The first-order valence-corrected chi connectivity index (χ1v) is 6.46. The molecule has 3 nitrogen and oxygen atoms in total. The highest BCUT2D eigenvalue weighted by Crippen LogP contribution is 2.28. The van der Waals surface area contributed by atoms with Crippen molar-refractivity contribution in [3.8, 4) is 11.4 Å². The molecular weight excluding hydrogens is 272 g/mol. The van der Waals surface area contributed by atoms with Crippen LogP contribution in [0.1, 0.15) is 0 Å². The third-order valence-corrected chi connectivity index (χ3v) is 3.18. The minimum absolute atomic E-state index is 0.288. The van der Waals surface area contributed by atoms with Gasteiger partial charge in [-0.3, -0.25) is 0 Å². The molecule has 0 aliphatic carbocycles.